The van der Waals surface area contributed by atoms with Crippen molar-refractivity contribution in [1.82, 2.24) is 15.1 Å². The van der Waals surface area contributed by atoms with Crippen LogP contribution in [-0.2, 0) is 16.1 Å². The zero-order valence-corrected chi connectivity index (χ0v) is 18.9. The molecule has 2 aliphatic rings. The number of hydrogen-bond acceptors (Lipinski definition) is 5. The number of ether oxygens (including phenoxy) is 1. The van der Waals surface area contributed by atoms with Crippen LogP contribution < -0.4 is 10.1 Å². The van der Waals surface area contributed by atoms with Gasteiger partial charge in [0.2, 0.25) is 5.91 Å². The second-order valence-electron chi connectivity index (χ2n) is 8.45. The lowest BCUT2D eigenvalue weighted by Gasteiger charge is -2.40. The number of halogens is 1. The minimum atomic E-state index is -0.157. The molecule has 2 amide bonds. The largest absolute Gasteiger partial charge is 0.484 e. The Morgan fingerprint density at radius 1 is 1.09 bits per heavy atom. The molecular weight excluding hydrogens is 430 g/mol. The zero-order valence-electron chi connectivity index (χ0n) is 18.2. The highest BCUT2D eigenvalue weighted by Crippen LogP contribution is 2.31. The summed E-state index contributed by atoms with van der Waals surface area (Å²) < 4.78 is 10.9. The molecule has 0 radical (unpaired) electrons. The Morgan fingerprint density at radius 2 is 1.81 bits per heavy atom. The van der Waals surface area contributed by atoms with Crippen molar-refractivity contribution in [1.29, 1.82) is 0 Å². The summed E-state index contributed by atoms with van der Waals surface area (Å²) in [5, 5.41) is 3.68. The van der Waals surface area contributed by atoms with Gasteiger partial charge in [0.1, 0.15) is 11.5 Å². The van der Waals surface area contributed by atoms with Gasteiger partial charge in [-0.05, 0) is 55.2 Å². The molecule has 4 rings (SSSR count). The van der Waals surface area contributed by atoms with Crippen molar-refractivity contribution >= 4 is 23.4 Å². The van der Waals surface area contributed by atoms with Crippen molar-refractivity contribution in [2.75, 3.05) is 32.8 Å². The molecule has 32 heavy (non-hydrogen) atoms. The molecule has 2 fully saturated rings. The van der Waals surface area contributed by atoms with Gasteiger partial charge >= 0.3 is 0 Å². The fraction of sp³-hybridized carbons (Fsp3) is 0.500. The molecule has 1 aliphatic heterocycles. The van der Waals surface area contributed by atoms with Gasteiger partial charge < -0.3 is 19.4 Å². The van der Waals surface area contributed by atoms with Crippen molar-refractivity contribution in [3.63, 3.8) is 0 Å². The molecule has 1 aliphatic carbocycles. The number of carbonyl (C=O) groups is 2. The van der Waals surface area contributed by atoms with E-state index in [4.69, 9.17) is 20.8 Å². The lowest BCUT2D eigenvalue weighted by atomic mass is 9.95. The average Bonchev–Trinajstić information content (AvgIpc) is 3.52. The van der Waals surface area contributed by atoms with E-state index in [0.717, 1.165) is 18.6 Å². The predicted octanol–water partition coefficient (Wildman–Crippen LogP) is 3.33. The molecule has 172 valence electrons. The van der Waals surface area contributed by atoms with Crippen LogP contribution in [0.5, 0.6) is 5.75 Å². The number of hydrogen-bond donors (Lipinski definition) is 1. The molecule has 8 heteroatoms. The van der Waals surface area contributed by atoms with Crippen molar-refractivity contribution in [3.05, 3.63) is 53.4 Å². The number of nitrogens with zero attached hydrogens (tertiary/aromatic N) is 2. The van der Waals surface area contributed by atoms with E-state index in [1.54, 1.807) is 30.5 Å². The Balaban J connectivity index is 1.29. The highest BCUT2D eigenvalue weighted by molar-refractivity contribution is 6.30. The van der Waals surface area contributed by atoms with Gasteiger partial charge in [-0.2, -0.15) is 0 Å². The van der Waals surface area contributed by atoms with Gasteiger partial charge in [0, 0.05) is 31.2 Å². The van der Waals surface area contributed by atoms with Crippen LogP contribution in [0.1, 0.15) is 31.4 Å². The molecule has 2 heterocycles. The third kappa shape index (κ3) is 5.84. The smallest absolute Gasteiger partial charge is 0.260 e. The standard InChI is InChI=1S/C24H30ClN3O4/c25-19-7-9-20(10-8-19)32-17-22(29)27-11-13-28(14-12-27)23(18-4-1-2-5-18)24(30)26-16-21-6-3-15-31-21/h3,6-10,15,18,23H,1-2,4-5,11-14,16-17H2,(H,26,30). The third-order valence-corrected chi connectivity index (χ3v) is 6.62. The van der Waals surface area contributed by atoms with Gasteiger partial charge in [0.05, 0.1) is 18.8 Å². The van der Waals surface area contributed by atoms with Crippen LogP contribution in [0.2, 0.25) is 5.02 Å². The molecule has 7 nitrogen and oxygen atoms in total. The molecule has 1 saturated heterocycles. The summed E-state index contributed by atoms with van der Waals surface area (Å²) in [6.07, 6.45) is 6.11. The molecule has 1 atom stereocenters. The maximum absolute atomic E-state index is 13.1. The summed E-state index contributed by atoms with van der Waals surface area (Å²) in [5.41, 5.74) is 0. The van der Waals surface area contributed by atoms with Gasteiger partial charge in [-0.1, -0.05) is 24.4 Å². The van der Waals surface area contributed by atoms with E-state index in [-0.39, 0.29) is 24.5 Å². The van der Waals surface area contributed by atoms with Crippen LogP contribution in [0, 0.1) is 5.92 Å². The van der Waals surface area contributed by atoms with Gasteiger partial charge in [0.25, 0.3) is 5.91 Å². The maximum atomic E-state index is 13.1. The van der Waals surface area contributed by atoms with Crippen LogP contribution in [0.15, 0.2) is 47.1 Å². The fourth-order valence-corrected chi connectivity index (χ4v) is 4.79. The van der Waals surface area contributed by atoms with Gasteiger partial charge in [-0.15, -0.1) is 0 Å². The number of rotatable bonds is 8. The molecular formula is C24H30ClN3O4. The molecule has 1 saturated carbocycles. The molecule has 1 unspecified atom stereocenters. The van der Waals surface area contributed by atoms with Crippen LogP contribution in [0.3, 0.4) is 0 Å². The van der Waals surface area contributed by atoms with Crippen LogP contribution in [-0.4, -0.2) is 60.4 Å². The molecule has 1 N–H and O–H groups in total. The summed E-state index contributed by atoms with van der Waals surface area (Å²) in [7, 11) is 0. The first-order chi connectivity index (χ1) is 15.6. The average molecular weight is 460 g/mol. The minimum Gasteiger partial charge on any atom is -0.484 e. The summed E-state index contributed by atoms with van der Waals surface area (Å²) >= 11 is 5.88. The van der Waals surface area contributed by atoms with Crippen molar-refractivity contribution in [2.24, 2.45) is 5.92 Å². The Hall–Kier alpha value is -2.51. The molecule has 1 aromatic heterocycles. The summed E-state index contributed by atoms with van der Waals surface area (Å²) in [6.45, 7) is 2.95. The minimum absolute atomic E-state index is 0.00266. The first-order valence-electron chi connectivity index (χ1n) is 11.3. The maximum Gasteiger partial charge on any atom is 0.260 e. The molecule has 2 aromatic rings. The summed E-state index contributed by atoms with van der Waals surface area (Å²) in [6, 6.07) is 10.5. The van der Waals surface area contributed by atoms with Gasteiger partial charge in [-0.3, -0.25) is 14.5 Å². The van der Waals surface area contributed by atoms with Crippen LogP contribution >= 0.6 is 11.6 Å². The molecule has 0 bridgehead atoms. The van der Waals surface area contributed by atoms with Crippen LogP contribution in [0.4, 0.5) is 0 Å². The third-order valence-electron chi connectivity index (χ3n) is 6.37. The topological polar surface area (TPSA) is 75.0 Å². The number of nitrogens with one attached hydrogen (secondary N) is 1. The SMILES string of the molecule is O=C(NCc1ccco1)C(C1CCCC1)N1CCN(C(=O)COc2ccc(Cl)cc2)CC1. The van der Waals surface area contributed by atoms with Crippen LogP contribution in [0.25, 0.3) is 0 Å². The van der Waals surface area contributed by atoms with E-state index in [0.29, 0.717) is 49.4 Å². The number of carbonyl (C=O) groups excluding carboxylic acids is 2. The lowest BCUT2D eigenvalue weighted by Crippen LogP contribution is -2.58. The first-order valence-corrected chi connectivity index (χ1v) is 11.7. The molecule has 0 spiro atoms. The van der Waals surface area contributed by atoms with E-state index in [9.17, 15) is 9.59 Å². The van der Waals surface area contributed by atoms with Crippen molar-refractivity contribution in [2.45, 2.75) is 38.3 Å². The number of furan rings is 1. The number of benzene rings is 1. The highest BCUT2D eigenvalue weighted by Gasteiger charge is 2.37. The fourth-order valence-electron chi connectivity index (χ4n) is 4.66. The summed E-state index contributed by atoms with van der Waals surface area (Å²) in [4.78, 5) is 29.8. The number of amides is 2. The highest BCUT2D eigenvalue weighted by atomic mass is 35.5. The van der Waals surface area contributed by atoms with Crippen molar-refractivity contribution < 1.29 is 18.7 Å². The van der Waals surface area contributed by atoms with Gasteiger partial charge in [0.15, 0.2) is 6.61 Å². The second-order valence-corrected chi connectivity index (χ2v) is 8.88. The molecule has 1 aromatic carbocycles. The van der Waals surface area contributed by atoms with E-state index < -0.39 is 0 Å². The Morgan fingerprint density at radius 3 is 2.47 bits per heavy atom. The van der Waals surface area contributed by atoms with E-state index in [2.05, 4.69) is 10.2 Å². The monoisotopic (exact) mass is 459 g/mol. The predicted molar refractivity (Wildman–Crippen MR) is 121 cm³/mol. The Kier molecular flexibility index (Phi) is 7.71. The first kappa shape index (κ1) is 22.7. The normalized spacial score (nSPS) is 18.5. The number of piperazine rings is 1. The van der Waals surface area contributed by atoms with Gasteiger partial charge in [-0.25, -0.2) is 0 Å². The van der Waals surface area contributed by atoms with E-state index in [1.807, 2.05) is 17.0 Å². The lowest BCUT2D eigenvalue weighted by molar-refractivity contribution is -0.137. The summed E-state index contributed by atoms with van der Waals surface area (Å²) in [5.74, 6) is 1.75. The van der Waals surface area contributed by atoms with E-state index >= 15 is 0 Å². The van der Waals surface area contributed by atoms with E-state index in [1.165, 1.54) is 12.8 Å². The Labute approximate surface area is 193 Å². The quantitative estimate of drug-likeness (QED) is 0.655. The van der Waals surface area contributed by atoms with Crippen molar-refractivity contribution in [3.8, 4) is 5.75 Å². The zero-order chi connectivity index (χ0) is 22.3. The Bertz CT molecular complexity index is 873. The second kappa shape index (κ2) is 10.9.